The van der Waals surface area contributed by atoms with Crippen LogP contribution in [-0.2, 0) is 0 Å². The van der Waals surface area contributed by atoms with Gasteiger partial charge in [-0.2, -0.15) is 10.2 Å². The Kier molecular flexibility index (Phi) is 6.43. The Labute approximate surface area is 206 Å². The van der Waals surface area contributed by atoms with Crippen LogP contribution in [0, 0.1) is 12.7 Å². The van der Waals surface area contributed by atoms with Crippen LogP contribution < -0.4 is 15.5 Å². The van der Waals surface area contributed by atoms with E-state index in [0.717, 1.165) is 23.3 Å². The number of hydrogen-bond acceptors (Lipinski definition) is 8. The van der Waals surface area contributed by atoms with E-state index in [0.29, 0.717) is 43.6 Å². The van der Waals surface area contributed by atoms with Gasteiger partial charge in [0.2, 0.25) is 0 Å². The number of urea groups is 1. The molecule has 4 aromatic heterocycles. The minimum absolute atomic E-state index is 0.143. The third-order valence-electron chi connectivity index (χ3n) is 5.87. The Bertz CT molecular complexity index is 1330. The second kappa shape index (κ2) is 9.98. The molecule has 36 heavy (non-hydrogen) atoms. The van der Waals surface area contributed by atoms with Crippen molar-refractivity contribution in [3.8, 4) is 5.82 Å². The van der Waals surface area contributed by atoms with Gasteiger partial charge in [0.25, 0.3) is 0 Å². The summed E-state index contributed by atoms with van der Waals surface area (Å²) in [6.07, 6.45) is 7.40. The van der Waals surface area contributed by atoms with E-state index in [2.05, 4.69) is 45.8 Å². The van der Waals surface area contributed by atoms with Gasteiger partial charge in [0.15, 0.2) is 23.3 Å². The molecule has 1 saturated heterocycles. The molecule has 0 unspecified atom stereocenters. The first-order chi connectivity index (χ1) is 17.4. The summed E-state index contributed by atoms with van der Waals surface area (Å²) in [5.41, 5.74) is 1.79. The van der Waals surface area contributed by atoms with Crippen molar-refractivity contribution in [2.75, 3.05) is 36.4 Å². The summed E-state index contributed by atoms with van der Waals surface area (Å²) in [7, 11) is 0. The van der Waals surface area contributed by atoms with Crippen molar-refractivity contribution in [1.82, 2.24) is 45.1 Å². The molecule has 0 radical (unpaired) electrons. The molecule has 12 nitrogen and oxygen atoms in total. The molecule has 1 aliphatic heterocycles. The van der Waals surface area contributed by atoms with Gasteiger partial charge < -0.3 is 20.4 Å². The maximum absolute atomic E-state index is 13.2. The van der Waals surface area contributed by atoms with Crippen molar-refractivity contribution < 1.29 is 9.18 Å². The third kappa shape index (κ3) is 5.24. The molecule has 186 valence electrons. The molecule has 1 aliphatic rings. The van der Waals surface area contributed by atoms with Crippen molar-refractivity contribution in [1.29, 1.82) is 0 Å². The zero-order chi connectivity index (χ0) is 25.1. The highest BCUT2D eigenvalue weighted by Gasteiger charge is 2.23. The normalized spacial score (nSPS) is 14.5. The first-order valence-electron chi connectivity index (χ1n) is 11.5. The zero-order valence-electron chi connectivity index (χ0n) is 19.9. The van der Waals surface area contributed by atoms with Gasteiger partial charge in [0.05, 0.1) is 30.8 Å². The Balaban J connectivity index is 1.14. The first kappa shape index (κ1) is 23.2. The highest BCUT2D eigenvalue weighted by molar-refractivity contribution is 5.75. The molecular formula is C23H26FN11O. The molecule has 5 rings (SSSR count). The van der Waals surface area contributed by atoms with Gasteiger partial charge in [0.1, 0.15) is 5.82 Å². The van der Waals surface area contributed by atoms with Crippen LogP contribution >= 0.6 is 0 Å². The van der Waals surface area contributed by atoms with E-state index in [1.165, 1.54) is 10.9 Å². The van der Waals surface area contributed by atoms with E-state index in [4.69, 9.17) is 0 Å². The molecule has 1 atom stereocenters. The van der Waals surface area contributed by atoms with E-state index in [-0.39, 0.29) is 12.1 Å². The van der Waals surface area contributed by atoms with Gasteiger partial charge in [-0.3, -0.25) is 10.1 Å². The number of piperazine rings is 1. The van der Waals surface area contributed by atoms with Crippen LogP contribution in [0.1, 0.15) is 24.2 Å². The summed E-state index contributed by atoms with van der Waals surface area (Å²) >= 11 is 0. The molecule has 13 heteroatoms. The number of hydrogen-bond donors (Lipinski definition) is 3. The van der Waals surface area contributed by atoms with Crippen molar-refractivity contribution in [2.24, 2.45) is 0 Å². The topological polar surface area (TPSA) is 133 Å². The smallest absolute Gasteiger partial charge is 0.317 e. The molecule has 2 amide bonds. The number of amides is 2. The first-order valence-corrected chi connectivity index (χ1v) is 11.5. The number of rotatable bonds is 6. The molecule has 0 saturated carbocycles. The standard InChI is InChI=1S/C23H26FN11O/c1-15-9-19(32-31-15)29-20-12-25-13-22(30-20)33-5-7-34(8-6-33)23(36)28-16(2)17-3-4-21(26-10-17)35-14-18(24)11-27-35/h3-4,9-14,16H,5-8H2,1-2H3,(H,28,36)(H2,29,30,31,32)/t16-/m0/s1. The zero-order valence-corrected chi connectivity index (χ0v) is 19.9. The van der Waals surface area contributed by atoms with Crippen molar-refractivity contribution >= 4 is 23.5 Å². The molecule has 0 spiro atoms. The van der Waals surface area contributed by atoms with E-state index in [1.54, 1.807) is 29.6 Å². The number of nitrogens with zero attached hydrogens (tertiary/aromatic N) is 8. The third-order valence-corrected chi connectivity index (χ3v) is 5.87. The number of nitrogens with one attached hydrogen (secondary N) is 3. The average molecular weight is 492 g/mol. The summed E-state index contributed by atoms with van der Waals surface area (Å²) in [6, 6.07) is 5.08. The van der Waals surface area contributed by atoms with Gasteiger partial charge in [-0.15, -0.1) is 0 Å². The predicted octanol–water partition coefficient (Wildman–Crippen LogP) is 2.56. The van der Waals surface area contributed by atoms with Crippen LogP contribution in [0.5, 0.6) is 0 Å². The van der Waals surface area contributed by atoms with Crippen molar-refractivity contribution in [2.45, 2.75) is 19.9 Å². The summed E-state index contributed by atoms with van der Waals surface area (Å²) in [5.74, 6) is 2.09. The predicted molar refractivity (Wildman–Crippen MR) is 131 cm³/mol. The van der Waals surface area contributed by atoms with Gasteiger partial charge >= 0.3 is 6.03 Å². The van der Waals surface area contributed by atoms with E-state index >= 15 is 0 Å². The SMILES string of the molecule is Cc1cc(Nc2cncc(N3CCN(C(=O)N[C@@H](C)c4ccc(-n5cc(F)cn5)nc4)CC3)n2)n[nH]1. The van der Waals surface area contributed by atoms with Crippen LogP contribution in [0.25, 0.3) is 5.82 Å². The number of halogens is 1. The largest absolute Gasteiger partial charge is 0.352 e. The number of anilines is 3. The quantitative estimate of drug-likeness (QED) is 0.375. The highest BCUT2D eigenvalue weighted by atomic mass is 19.1. The molecule has 4 aromatic rings. The maximum Gasteiger partial charge on any atom is 0.317 e. The van der Waals surface area contributed by atoms with E-state index in [1.807, 2.05) is 26.0 Å². The monoisotopic (exact) mass is 491 g/mol. The maximum atomic E-state index is 13.2. The Hall–Kier alpha value is -4.55. The average Bonchev–Trinajstić information content (AvgIpc) is 3.52. The lowest BCUT2D eigenvalue weighted by atomic mass is 10.1. The minimum atomic E-state index is -0.429. The number of aromatic nitrogens is 7. The summed E-state index contributed by atoms with van der Waals surface area (Å²) in [4.78, 5) is 30.0. The lowest BCUT2D eigenvalue weighted by Crippen LogP contribution is -2.52. The van der Waals surface area contributed by atoms with Crippen molar-refractivity contribution in [3.05, 3.63) is 66.3 Å². The van der Waals surface area contributed by atoms with Gasteiger partial charge in [-0.25, -0.2) is 23.8 Å². The number of aromatic amines is 1. The Morgan fingerprint density at radius 3 is 2.58 bits per heavy atom. The van der Waals surface area contributed by atoms with Gasteiger partial charge in [-0.05, 0) is 25.5 Å². The van der Waals surface area contributed by atoms with E-state index < -0.39 is 5.82 Å². The minimum Gasteiger partial charge on any atom is -0.352 e. The number of carbonyl (C=O) groups is 1. The fraction of sp³-hybridized carbons (Fsp3) is 0.304. The van der Waals surface area contributed by atoms with Crippen LogP contribution in [-0.4, -0.2) is 72.0 Å². The fourth-order valence-electron chi connectivity index (χ4n) is 3.90. The van der Waals surface area contributed by atoms with Crippen LogP contribution in [0.2, 0.25) is 0 Å². The molecular weight excluding hydrogens is 465 g/mol. The lowest BCUT2D eigenvalue weighted by molar-refractivity contribution is 0.191. The number of aryl methyl sites for hydroxylation is 1. The number of carbonyl (C=O) groups excluding carboxylic acids is 1. The second-order valence-corrected chi connectivity index (χ2v) is 8.52. The van der Waals surface area contributed by atoms with Crippen LogP contribution in [0.4, 0.5) is 26.6 Å². The summed E-state index contributed by atoms with van der Waals surface area (Å²) in [6.45, 7) is 6.20. The highest BCUT2D eigenvalue weighted by Crippen LogP contribution is 2.19. The summed E-state index contributed by atoms with van der Waals surface area (Å²) < 4.78 is 14.5. The number of pyridine rings is 1. The van der Waals surface area contributed by atoms with Gasteiger partial charge in [-0.1, -0.05) is 6.07 Å². The van der Waals surface area contributed by atoms with E-state index in [9.17, 15) is 9.18 Å². The molecule has 1 fully saturated rings. The van der Waals surface area contributed by atoms with Crippen molar-refractivity contribution in [3.63, 3.8) is 0 Å². The molecule has 5 heterocycles. The molecule has 0 aromatic carbocycles. The lowest BCUT2D eigenvalue weighted by Gasteiger charge is -2.35. The van der Waals surface area contributed by atoms with Crippen LogP contribution in [0.3, 0.4) is 0 Å². The Morgan fingerprint density at radius 2 is 1.92 bits per heavy atom. The Morgan fingerprint density at radius 1 is 1.08 bits per heavy atom. The molecule has 3 N–H and O–H groups in total. The summed E-state index contributed by atoms with van der Waals surface area (Å²) in [5, 5.41) is 17.1. The molecule has 0 bridgehead atoms. The second-order valence-electron chi connectivity index (χ2n) is 8.52. The van der Waals surface area contributed by atoms with Crippen LogP contribution in [0.15, 0.2) is 49.2 Å². The number of H-pyrrole nitrogens is 1. The van der Waals surface area contributed by atoms with Gasteiger partial charge in [0, 0.05) is 44.1 Å². The molecule has 0 aliphatic carbocycles. The fourth-order valence-corrected chi connectivity index (χ4v) is 3.90.